The Balaban J connectivity index is 1.37. The van der Waals surface area contributed by atoms with E-state index in [4.69, 9.17) is 4.74 Å². The van der Waals surface area contributed by atoms with Gasteiger partial charge >= 0.3 is 0 Å². The minimum absolute atomic E-state index is 0.298. The molecule has 1 saturated carbocycles. The van der Waals surface area contributed by atoms with Crippen LogP contribution in [-0.2, 0) is 9.53 Å². The molecule has 1 aromatic rings. The van der Waals surface area contributed by atoms with Gasteiger partial charge in [-0.25, -0.2) is 0 Å². The molecule has 2 saturated heterocycles. The third-order valence-electron chi connectivity index (χ3n) is 5.37. The third-order valence-corrected chi connectivity index (χ3v) is 5.37. The molecule has 3 heterocycles. The Bertz CT molecular complexity index is 578. The zero-order chi connectivity index (χ0) is 16.4. The van der Waals surface area contributed by atoms with E-state index in [0.29, 0.717) is 11.8 Å². The summed E-state index contributed by atoms with van der Waals surface area (Å²) in [5, 5.41) is 8.46. The van der Waals surface area contributed by atoms with Gasteiger partial charge in [-0.05, 0) is 12.8 Å². The first-order chi connectivity index (χ1) is 11.8. The highest BCUT2D eigenvalue weighted by Crippen LogP contribution is 2.29. The third kappa shape index (κ3) is 3.17. The van der Waals surface area contributed by atoms with Crippen LogP contribution in [0.3, 0.4) is 0 Å². The van der Waals surface area contributed by atoms with Crippen molar-refractivity contribution in [1.29, 1.82) is 0 Å². The lowest BCUT2D eigenvalue weighted by molar-refractivity contribution is -0.138. The van der Waals surface area contributed by atoms with E-state index in [2.05, 4.69) is 26.1 Å². The molecule has 0 radical (unpaired) electrons. The summed E-state index contributed by atoms with van der Waals surface area (Å²) in [4.78, 5) is 18.9. The normalized spacial score (nSPS) is 22.4. The van der Waals surface area contributed by atoms with E-state index in [1.165, 1.54) is 6.42 Å². The summed E-state index contributed by atoms with van der Waals surface area (Å²) >= 11 is 0. The smallest absolute Gasteiger partial charge is 0.225 e. The fourth-order valence-electron chi connectivity index (χ4n) is 3.56. The molecule has 3 aliphatic rings. The Kier molecular flexibility index (Phi) is 4.51. The molecule has 0 N–H and O–H groups in total. The Labute approximate surface area is 142 Å². The van der Waals surface area contributed by atoms with Gasteiger partial charge < -0.3 is 19.4 Å². The largest absolute Gasteiger partial charge is 0.378 e. The summed E-state index contributed by atoms with van der Waals surface area (Å²) in [6, 6.07) is 2.11. The number of aromatic nitrogens is 2. The highest BCUT2D eigenvalue weighted by Gasteiger charge is 2.31. The summed E-state index contributed by atoms with van der Waals surface area (Å²) in [6.07, 6.45) is 5.20. The Morgan fingerprint density at radius 3 is 2.46 bits per heavy atom. The van der Waals surface area contributed by atoms with Crippen LogP contribution in [0.25, 0.3) is 0 Å². The molecule has 0 atom stereocenters. The maximum Gasteiger partial charge on any atom is 0.225 e. The molecule has 1 amide bonds. The SMILES string of the molecule is O=C(C1CCC1)N1CCN(c2cnnc(N3CCOCC3)c2)CC1. The molecule has 1 aliphatic carbocycles. The summed E-state index contributed by atoms with van der Waals surface area (Å²) in [7, 11) is 0. The van der Waals surface area contributed by atoms with Crippen LogP contribution in [0, 0.1) is 5.92 Å². The molecule has 24 heavy (non-hydrogen) atoms. The van der Waals surface area contributed by atoms with E-state index in [0.717, 1.165) is 76.8 Å². The molecule has 1 aromatic heterocycles. The zero-order valence-electron chi connectivity index (χ0n) is 14.1. The van der Waals surface area contributed by atoms with E-state index in [-0.39, 0.29) is 0 Å². The average Bonchev–Trinajstić information content (AvgIpc) is 2.61. The summed E-state index contributed by atoms with van der Waals surface area (Å²) in [5.41, 5.74) is 1.10. The van der Waals surface area contributed by atoms with Crippen molar-refractivity contribution in [3.8, 4) is 0 Å². The number of amides is 1. The van der Waals surface area contributed by atoms with Crippen LogP contribution in [-0.4, -0.2) is 73.5 Å². The molecule has 7 heteroatoms. The predicted octanol–water partition coefficient (Wildman–Crippen LogP) is 0.762. The van der Waals surface area contributed by atoms with Crippen LogP contribution >= 0.6 is 0 Å². The number of ether oxygens (including phenoxy) is 1. The summed E-state index contributed by atoms with van der Waals surface area (Å²) in [6.45, 7) is 6.57. The Hall–Kier alpha value is -1.89. The average molecular weight is 331 g/mol. The van der Waals surface area contributed by atoms with Crippen LogP contribution < -0.4 is 9.80 Å². The lowest BCUT2D eigenvalue weighted by atomic mass is 9.84. The number of anilines is 2. The number of hydrogen-bond donors (Lipinski definition) is 0. The minimum Gasteiger partial charge on any atom is -0.378 e. The number of carbonyl (C=O) groups excluding carboxylic acids is 1. The van der Waals surface area contributed by atoms with Crippen LogP contribution in [0.15, 0.2) is 12.3 Å². The quantitative estimate of drug-likeness (QED) is 0.815. The van der Waals surface area contributed by atoms with Crippen molar-refractivity contribution in [3.63, 3.8) is 0 Å². The molecular formula is C17H25N5O2. The van der Waals surface area contributed by atoms with E-state index in [1.54, 1.807) is 0 Å². The number of rotatable bonds is 3. The molecule has 3 fully saturated rings. The first-order valence-electron chi connectivity index (χ1n) is 9.00. The van der Waals surface area contributed by atoms with E-state index >= 15 is 0 Å². The van der Waals surface area contributed by atoms with Crippen molar-refractivity contribution in [2.75, 3.05) is 62.3 Å². The van der Waals surface area contributed by atoms with Gasteiger partial charge in [0, 0.05) is 51.3 Å². The van der Waals surface area contributed by atoms with E-state index in [1.807, 2.05) is 11.1 Å². The topological polar surface area (TPSA) is 61.8 Å². The van der Waals surface area contributed by atoms with Crippen molar-refractivity contribution >= 4 is 17.4 Å². The molecule has 0 aromatic carbocycles. The number of carbonyl (C=O) groups is 1. The van der Waals surface area contributed by atoms with Gasteiger partial charge in [-0.3, -0.25) is 4.79 Å². The molecule has 0 spiro atoms. The first kappa shape index (κ1) is 15.6. The monoisotopic (exact) mass is 331 g/mol. The molecule has 0 bridgehead atoms. The highest BCUT2D eigenvalue weighted by molar-refractivity contribution is 5.80. The van der Waals surface area contributed by atoms with Crippen LogP contribution in [0.2, 0.25) is 0 Å². The number of piperazine rings is 1. The maximum absolute atomic E-state index is 12.4. The van der Waals surface area contributed by atoms with Crippen LogP contribution in [0.5, 0.6) is 0 Å². The van der Waals surface area contributed by atoms with Crippen molar-refractivity contribution < 1.29 is 9.53 Å². The maximum atomic E-state index is 12.4. The lowest BCUT2D eigenvalue weighted by Crippen LogP contribution is -2.51. The first-order valence-corrected chi connectivity index (χ1v) is 9.00. The van der Waals surface area contributed by atoms with Gasteiger partial charge in [-0.15, -0.1) is 5.10 Å². The van der Waals surface area contributed by atoms with E-state index in [9.17, 15) is 4.79 Å². The Morgan fingerprint density at radius 1 is 1.04 bits per heavy atom. The van der Waals surface area contributed by atoms with Gasteiger partial charge in [0.25, 0.3) is 0 Å². The second-order valence-corrected chi connectivity index (χ2v) is 6.81. The van der Waals surface area contributed by atoms with Gasteiger partial charge in [-0.2, -0.15) is 5.10 Å². The highest BCUT2D eigenvalue weighted by atomic mass is 16.5. The van der Waals surface area contributed by atoms with Crippen molar-refractivity contribution in [3.05, 3.63) is 12.3 Å². The van der Waals surface area contributed by atoms with Crippen molar-refractivity contribution in [2.45, 2.75) is 19.3 Å². The van der Waals surface area contributed by atoms with Gasteiger partial charge in [0.15, 0.2) is 5.82 Å². The predicted molar refractivity (Wildman–Crippen MR) is 91.2 cm³/mol. The molecule has 130 valence electrons. The zero-order valence-corrected chi connectivity index (χ0v) is 14.1. The second-order valence-electron chi connectivity index (χ2n) is 6.81. The fraction of sp³-hybridized carbons (Fsp3) is 0.706. The van der Waals surface area contributed by atoms with Crippen molar-refractivity contribution in [1.82, 2.24) is 15.1 Å². The molecule has 0 unspecified atom stereocenters. The van der Waals surface area contributed by atoms with Gasteiger partial charge in [-0.1, -0.05) is 6.42 Å². The van der Waals surface area contributed by atoms with Crippen LogP contribution in [0.4, 0.5) is 11.5 Å². The van der Waals surface area contributed by atoms with Gasteiger partial charge in [0.2, 0.25) is 5.91 Å². The van der Waals surface area contributed by atoms with Crippen molar-refractivity contribution in [2.24, 2.45) is 5.92 Å². The van der Waals surface area contributed by atoms with E-state index < -0.39 is 0 Å². The Morgan fingerprint density at radius 2 is 1.79 bits per heavy atom. The van der Waals surface area contributed by atoms with Gasteiger partial charge in [0.05, 0.1) is 25.1 Å². The molecule has 7 nitrogen and oxygen atoms in total. The fourth-order valence-corrected chi connectivity index (χ4v) is 3.56. The minimum atomic E-state index is 0.298. The molecule has 4 rings (SSSR count). The standard InChI is InChI=1S/C17H25N5O2/c23-17(14-2-1-3-14)22-6-4-20(5-7-22)15-12-16(19-18-13-15)21-8-10-24-11-9-21/h12-14H,1-11H2. The summed E-state index contributed by atoms with van der Waals surface area (Å²) in [5.74, 6) is 1.58. The molecular weight excluding hydrogens is 306 g/mol. The summed E-state index contributed by atoms with van der Waals surface area (Å²) < 4.78 is 5.40. The van der Waals surface area contributed by atoms with Gasteiger partial charge in [0.1, 0.15) is 0 Å². The molecule has 2 aliphatic heterocycles. The lowest BCUT2D eigenvalue weighted by Gasteiger charge is -2.39. The number of nitrogens with zero attached hydrogens (tertiary/aromatic N) is 5. The second kappa shape index (κ2) is 6.93. The van der Waals surface area contributed by atoms with Crippen LogP contribution in [0.1, 0.15) is 19.3 Å². The number of hydrogen-bond acceptors (Lipinski definition) is 6. The number of morpholine rings is 1.